The van der Waals surface area contributed by atoms with Crippen LogP contribution in [0.2, 0.25) is 0 Å². The van der Waals surface area contributed by atoms with Crippen LogP contribution < -0.4 is 0 Å². The lowest BCUT2D eigenvalue weighted by molar-refractivity contribution is -0.289. The van der Waals surface area contributed by atoms with Gasteiger partial charge < -0.3 is 5.11 Å². The molecular weight excluding hydrogens is 285 g/mol. The number of rotatable bonds is 3. The fourth-order valence-corrected chi connectivity index (χ4v) is 1.20. The van der Waals surface area contributed by atoms with E-state index in [2.05, 4.69) is 0 Å². The van der Waals surface area contributed by atoms with Gasteiger partial charge in [0.05, 0.1) is 0 Å². The molecule has 9 heteroatoms. The first-order chi connectivity index (χ1) is 8.40. The summed E-state index contributed by atoms with van der Waals surface area (Å²) in [5.74, 6) is -12.6. The summed E-state index contributed by atoms with van der Waals surface area (Å²) in [6.07, 6.45) is -5.97. The second-order valence-electron chi connectivity index (χ2n) is 3.53. The number of alkyl halides is 7. The van der Waals surface area contributed by atoms with E-state index in [9.17, 15) is 35.5 Å². The van der Waals surface area contributed by atoms with Crippen molar-refractivity contribution in [2.45, 2.75) is 18.0 Å². The zero-order chi connectivity index (χ0) is 15.1. The van der Waals surface area contributed by atoms with Crippen molar-refractivity contribution in [1.82, 2.24) is 0 Å². The van der Waals surface area contributed by atoms with Crippen molar-refractivity contribution < 1.29 is 40.6 Å². The Morgan fingerprint density at radius 2 is 1.42 bits per heavy atom. The van der Waals surface area contributed by atoms with Gasteiger partial charge in [-0.2, -0.15) is 30.7 Å². The summed E-state index contributed by atoms with van der Waals surface area (Å²) < 4.78 is 88.0. The number of hydrogen-bond donors (Lipinski definition) is 1. The van der Waals surface area contributed by atoms with Crippen molar-refractivity contribution in [3.05, 3.63) is 35.4 Å². The maximum Gasteiger partial charge on any atom is 0.458 e. The van der Waals surface area contributed by atoms with Crippen molar-refractivity contribution in [1.29, 1.82) is 0 Å². The number of benzene rings is 1. The number of carboxylic acid groups (broad SMARTS) is 1. The number of halogens is 7. The summed E-state index contributed by atoms with van der Waals surface area (Å²) in [5.41, 5.74) is -3.21. The average molecular weight is 290 g/mol. The molecule has 19 heavy (non-hydrogen) atoms. The molecule has 0 saturated carbocycles. The minimum Gasteiger partial charge on any atom is -0.477 e. The van der Waals surface area contributed by atoms with E-state index in [1.165, 1.54) is 0 Å². The minimum atomic E-state index is -5.97. The number of carboxylic acids is 1. The first-order valence-electron chi connectivity index (χ1n) is 4.57. The molecule has 1 rings (SSSR count). The molecule has 0 saturated heterocycles. The van der Waals surface area contributed by atoms with Gasteiger partial charge in [0.25, 0.3) is 0 Å². The Balaban J connectivity index is 3.34. The largest absolute Gasteiger partial charge is 0.477 e. The van der Waals surface area contributed by atoms with Gasteiger partial charge in [0.1, 0.15) is 0 Å². The second-order valence-corrected chi connectivity index (χ2v) is 3.53. The lowest BCUT2D eigenvalue weighted by atomic mass is 10.0. The van der Waals surface area contributed by atoms with Crippen molar-refractivity contribution in [3.63, 3.8) is 0 Å². The summed E-state index contributed by atoms with van der Waals surface area (Å²) in [4.78, 5) is 10.2. The van der Waals surface area contributed by atoms with Crippen LogP contribution in [0, 0.1) is 0 Å². The molecule has 0 radical (unpaired) electrons. The molecule has 1 aromatic rings. The number of hydrogen-bond acceptors (Lipinski definition) is 1. The van der Waals surface area contributed by atoms with Gasteiger partial charge in [-0.15, -0.1) is 0 Å². The summed E-state index contributed by atoms with van der Waals surface area (Å²) in [6, 6.07) is 1.06. The molecule has 0 unspecified atom stereocenters. The first-order valence-corrected chi connectivity index (χ1v) is 4.57. The van der Waals surface area contributed by atoms with Gasteiger partial charge in [-0.25, -0.2) is 4.79 Å². The summed E-state index contributed by atoms with van der Waals surface area (Å²) in [7, 11) is 0. The predicted octanol–water partition coefficient (Wildman–Crippen LogP) is 3.52. The standard InChI is InChI=1S/C10H5F7O2/c11-8(12,7(18)19)5-2-1-3-6(4-5)9(13,14)10(15,16)17/h1-4H,(H,18,19). The highest BCUT2D eigenvalue weighted by atomic mass is 19.4. The van der Waals surface area contributed by atoms with Gasteiger partial charge in [0.2, 0.25) is 0 Å². The SMILES string of the molecule is O=C(O)C(F)(F)c1cccc(C(F)(F)C(F)(F)F)c1. The second kappa shape index (κ2) is 4.39. The van der Waals surface area contributed by atoms with Gasteiger partial charge in [0.15, 0.2) is 0 Å². The van der Waals surface area contributed by atoms with Gasteiger partial charge in [-0.3, -0.25) is 0 Å². The molecule has 0 spiro atoms. The topological polar surface area (TPSA) is 37.3 Å². The zero-order valence-corrected chi connectivity index (χ0v) is 8.81. The summed E-state index contributed by atoms with van der Waals surface area (Å²) in [5, 5.41) is 8.19. The lowest BCUT2D eigenvalue weighted by Gasteiger charge is -2.21. The molecule has 0 atom stereocenters. The Morgan fingerprint density at radius 1 is 0.947 bits per heavy atom. The Bertz CT molecular complexity index is 493. The minimum absolute atomic E-state index is 0.179. The van der Waals surface area contributed by atoms with Crippen molar-refractivity contribution in [2.75, 3.05) is 0 Å². The van der Waals surface area contributed by atoms with Crippen LogP contribution in [0.5, 0.6) is 0 Å². The highest BCUT2D eigenvalue weighted by molar-refractivity contribution is 5.77. The maximum atomic E-state index is 13.0. The number of carbonyl (C=O) groups is 1. The third-order valence-electron chi connectivity index (χ3n) is 2.21. The highest BCUT2D eigenvalue weighted by Gasteiger charge is 2.59. The summed E-state index contributed by atoms with van der Waals surface area (Å²) >= 11 is 0. The summed E-state index contributed by atoms with van der Waals surface area (Å²) in [6.45, 7) is 0. The quantitative estimate of drug-likeness (QED) is 0.865. The van der Waals surface area contributed by atoms with E-state index in [4.69, 9.17) is 5.11 Å². The molecule has 0 aliphatic rings. The third-order valence-corrected chi connectivity index (χ3v) is 2.21. The van der Waals surface area contributed by atoms with Crippen LogP contribution in [0.4, 0.5) is 30.7 Å². The van der Waals surface area contributed by atoms with Crippen LogP contribution in [-0.4, -0.2) is 17.3 Å². The van der Waals surface area contributed by atoms with Crippen molar-refractivity contribution in [3.8, 4) is 0 Å². The molecule has 106 valence electrons. The monoisotopic (exact) mass is 290 g/mol. The predicted molar refractivity (Wildman–Crippen MR) is 47.9 cm³/mol. The molecule has 0 heterocycles. The van der Waals surface area contributed by atoms with E-state index in [-0.39, 0.29) is 12.1 Å². The van der Waals surface area contributed by atoms with Crippen molar-refractivity contribution in [2.24, 2.45) is 0 Å². The fraction of sp³-hybridized carbons (Fsp3) is 0.300. The van der Waals surface area contributed by atoms with E-state index >= 15 is 0 Å². The zero-order valence-electron chi connectivity index (χ0n) is 8.81. The van der Waals surface area contributed by atoms with Gasteiger partial charge >= 0.3 is 24.0 Å². The van der Waals surface area contributed by atoms with Crippen LogP contribution in [0.3, 0.4) is 0 Å². The van der Waals surface area contributed by atoms with Crippen LogP contribution >= 0.6 is 0 Å². The lowest BCUT2D eigenvalue weighted by Crippen LogP contribution is -2.34. The fourth-order valence-electron chi connectivity index (χ4n) is 1.20. The molecule has 0 aromatic heterocycles. The normalized spacial score (nSPS) is 13.4. The molecule has 2 nitrogen and oxygen atoms in total. The third kappa shape index (κ3) is 2.64. The first kappa shape index (κ1) is 15.3. The molecule has 1 aromatic carbocycles. The van der Waals surface area contributed by atoms with Crippen LogP contribution in [0.1, 0.15) is 11.1 Å². The van der Waals surface area contributed by atoms with Gasteiger partial charge in [-0.05, 0) is 6.07 Å². The van der Waals surface area contributed by atoms with E-state index in [1.807, 2.05) is 0 Å². The number of aliphatic carboxylic acids is 1. The molecular formula is C10H5F7O2. The van der Waals surface area contributed by atoms with Crippen LogP contribution in [0.25, 0.3) is 0 Å². The van der Waals surface area contributed by atoms with E-state index in [0.29, 0.717) is 12.1 Å². The molecule has 0 amide bonds. The molecule has 0 fully saturated rings. The average Bonchev–Trinajstić information content (AvgIpc) is 2.27. The molecule has 0 bridgehead atoms. The smallest absolute Gasteiger partial charge is 0.458 e. The van der Waals surface area contributed by atoms with Gasteiger partial charge in [-0.1, -0.05) is 18.2 Å². The van der Waals surface area contributed by atoms with Crippen LogP contribution in [-0.2, 0) is 16.6 Å². The van der Waals surface area contributed by atoms with Crippen LogP contribution in [0.15, 0.2) is 24.3 Å². The van der Waals surface area contributed by atoms with E-state index in [0.717, 1.165) is 0 Å². The Morgan fingerprint density at radius 3 is 1.84 bits per heavy atom. The highest BCUT2D eigenvalue weighted by Crippen LogP contribution is 2.44. The Hall–Kier alpha value is -1.80. The van der Waals surface area contributed by atoms with E-state index < -0.39 is 35.1 Å². The maximum absolute atomic E-state index is 13.0. The van der Waals surface area contributed by atoms with Gasteiger partial charge in [0, 0.05) is 11.1 Å². The van der Waals surface area contributed by atoms with E-state index in [1.54, 1.807) is 0 Å². The Kier molecular flexibility index (Phi) is 3.53. The molecule has 1 N–H and O–H groups in total. The molecule has 0 aliphatic heterocycles. The Labute approximate surface area is 101 Å². The molecule has 0 aliphatic carbocycles. The van der Waals surface area contributed by atoms with Crippen molar-refractivity contribution >= 4 is 5.97 Å².